The second-order valence-electron chi connectivity index (χ2n) is 4.93. The predicted molar refractivity (Wildman–Crippen MR) is 92.9 cm³/mol. The molecule has 0 aliphatic carbocycles. The van der Waals surface area contributed by atoms with Gasteiger partial charge < -0.3 is 26.8 Å². The summed E-state index contributed by atoms with van der Waals surface area (Å²) in [5, 5.41) is 0. The molecule has 0 fully saturated rings. The normalized spacial score (nSPS) is 23.0. The lowest BCUT2D eigenvalue weighted by Gasteiger charge is -2.18. The second-order valence-corrected chi connectivity index (χ2v) is 8.08. The number of nitrogens with zero attached hydrogens (tertiary/aromatic N) is 1. The number of aromatic nitrogens is 2. The smallest absolute Gasteiger partial charge is 0.344 e. The van der Waals surface area contributed by atoms with Crippen molar-refractivity contribution >= 4 is 15.6 Å². The quantitative estimate of drug-likeness (QED) is 0.292. The van der Waals surface area contributed by atoms with Crippen molar-refractivity contribution in [2.75, 3.05) is 13.7 Å². The van der Waals surface area contributed by atoms with Crippen molar-refractivity contribution in [2.45, 2.75) is 19.3 Å². The molecule has 9 N–H and O–H groups in total. The van der Waals surface area contributed by atoms with E-state index in [1.807, 2.05) is 0 Å². The van der Waals surface area contributed by atoms with Crippen molar-refractivity contribution in [1.29, 1.82) is 0 Å². The Morgan fingerprint density at radius 3 is 2.44 bits per heavy atom. The second kappa shape index (κ2) is 9.66. The van der Waals surface area contributed by atoms with Gasteiger partial charge in [-0.1, -0.05) is 6.08 Å². The molecule has 14 nitrogen and oxygen atoms in total. The van der Waals surface area contributed by atoms with Gasteiger partial charge in [0.2, 0.25) is 0 Å². The summed E-state index contributed by atoms with van der Waals surface area (Å²) in [6, 6.07) is 0. The first-order valence-electron chi connectivity index (χ1n) is 6.76. The Bertz CT molecular complexity index is 881. The van der Waals surface area contributed by atoms with Gasteiger partial charge in [0.1, 0.15) is 6.10 Å². The molecule has 0 radical (unpaired) electrons. The van der Waals surface area contributed by atoms with E-state index in [-0.39, 0.29) is 12.3 Å². The molecule has 2 heterocycles. The zero-order chi connectivity index (χ0) is 18.8. The summed E-state index contributed by atoms with van der Waals surface area (Å²) in [4.78, 5) is 43.6. The van der Waals surface area contributed by atoms with Gasteiger partial charge >= 0.3 is 21.3 Å². The number of ether oxygens (including phenoxy) is 1. The minimum atomic E-state index is -4.87. The number of hydrogen-bond donors (Lipinski definition) is 5. The van der Waals surface area contributed by atoms with Crippen LogP contribution in [0.1, 0.15) is 11.8 Å². The third kappa shape index (κ3) is 6.90. The Hall–Kier alpha value is -1.44. The zero-order valence-corrected chi connectivity index (χ0v) is 16.3. The fourth-order valence-corrected chi connectivity index (χ4v) is 3.71. The highest BCUT2D eigenvalue weighted by Crippen LogP contribution is 2.60. The molecule has 4 atom stereocenters. The largest absolute Gasteiger partial charge is 0.481 e. The summed E-state index contributed by atoms with van der Waals surface area (Å²) in [6.07, 6.45) is 2.53. The highest BCUT2D eigenvalue weighted by molar-refractivity contribution is 7.61. The van der Waals surface area contributed by atoms with Gasteiger partial charge in [-0.3, -0.25) is 23.4 Å². The Morgan fingerprint density at radius 2 is 1.85 bits per heavy atom. The average Bonchev–Trinajstić information content (AvgIpc) is 2.97. The molecular formula is C11H22N4O10P2. The molecule has 1 aromatic rings. The summed E-state index contributed by atoms with van der Waals surface area (Å²) >= 11 is 0. The van der Waals surface area contributed by atoms with Crippen molar-refractivity contribution < 1.29 is 37.0 Å². The molecule has 2 rings (SSSR count). The molecule has 1 aromatic heterocycles. The Labute approximate surface area is 153 Å². The first kappa shape index (κ1) is 25.6. The van der Waals surface area contributed by atoms with Gasteiger partial charge in [-0.05, 0) is 13.0 Å². The van der Waals surface area contributed by atoms with Crippen LogP contribution in [0.2, 0.25) is 0 Å². The van der Waals surface area contributed by atoms with Crippen LogP contribution in [0.3, 0.4) is 0 Å². The maximum absolute atomic E-state index is 11.8. The van der Waals surface area contributed by atoms with Crippen molar-refractivity contribution in [3.8, 4) is 0 Å². The minimum absolute atomic E-state index is 0. The van der Waals surface area contributed by atoms with Crippen LogP contribution >= 0.6 is 15.6 Å². The maximum Gasteiger partial charge on any atom is 0.481 e. The number of rotatable bonds is 7. The van der Waals surface area contributed by atoms with E-state index in [1.165, 1.54) is 25.3 Å². The summed E-state index contributed by atoms with van der Waals surface area (Å²) in [5.41, 5.74) is -0.917. The number of H-pyrrole nitrogens is 1. The molecule has 0 saturated heterocycles. The number of phosphoric acid groups is 2. The van der Waals surface area contributed by atoms with E-state index in [1.54, 1.807) is 0 Å². The summed E-state index contributed by atoms with van der Waals surface area (Å²) in [7, 11) is -8.76. The van der Waals surface area contributed by atoms with Crippen molar-refractivity contribution in [3.05, 3.63) is 44.8 Å². The van der Waals surface area contributed by atoms with E-state index >= 15 is 0 Å². The molecule has 156 valence electrons. The SMILES string of the molecule is COP(=O)(O)OP(=O)(O)OC[C@@H]1C=C[C@H](n2cc(C)c(=O)[nH]c2=O)O1.N.N. The number of phosphoric ester groups is 2. The van der Waals surface area contributed by atoms with Crippen LogP contribution in [-0.4, -0.2) is 39.2 Å². The van der Waals surface area contributed by atoms with E-state index in [0.717, 1.165) is 11.7 Å². The molecular weight excluding hydrogens is 410 g/mol. The van der Waals surface area contributed by atoms with Gasteiger partial charge in [0.15, 0.2) is 6.23 Å². The van der Waals surface area contributed by atoms with E-state index in [4.69, 9.17) is 9.63 Å². The van der Waals surface area contributed by atoms with Crippen molar-refractivity contribution in [1.82, 2.24) is 21.9 Å². The maximum atomic E-state index is 11.8. The summed E-state index contributed by atoms with van der Waals surface area (Å²) < 4.78 is 41.8. The van der Waals surface area contributed by atoms with Crippen LogP contribution in [-0.2, 0) is 27.2 Å². The molecule has 27 heavy (non-hydrogen) atoms. The Balaban J connectivity index is 0.00000338. The number of nitrogens with one attached hydrogen (secondary N) is 1. The molecule has 0 bridgehead atoms. The molecule has 1 aliphatic rings. The molecule has 1 aliphatic heterocycles. The van der Waals surface area contributed by atoms with Crippen molar-refractivity contribution in [3.63, 3.8) is 0 Å². The van der Waals surface area contributed by atoms with Crippen LogP contribution in [0.4, 0.5) is 0 Å². The van der Waals surface area contributed by atoms with Crippen LogP contribution in [0, 0.1) is 6.92 Å². The minimum Gasteiger partial charge on any atom is -0.344 e. The standard InChI is InChI=1S/C11H16N2O10P2.2H3N/c1-7-5-13(11(15)12-10(7)14)9-4-3-8(22-9)6-21-25(18,19)23-24(16,17)20-2;;/h3-5,8-9H,6H2,1-2H3,(H,16,17)(H,18,19)(H,12,14,15);2*1H3/t8-,9+;;/m0../s1. The van der Waals surface area contributed by atoms with Crippen LogP contribution in [0.5, 0.6) is 0 Å². The third-order valence-corrected chi connectivity index (χ3v) is 5.65. The average molecular weight is 432 g/mol. The topological polar surface area (TPSA) is 236 Å². The lowest BCUT2D eigenvalue weighted by atomic mass is 10.3. The lowest BCUT2D eigenvalue weighted by Crippen LogP contribution is -2.33. The monoisotopic (exact) mass is 432 g/mol. The van der Waals surface area contributed by atoms with Crippen LogP contribution < -0.4 is 23.6 Å². The number of aryl methyl sites for hydroxylation is 1. The van der Waals surface area contributed by atoms with Crippen LogP contribution in [0.15, 0.2) is 27.9 Å². The first-order chi connectivity index (χ1) is 11.5. The Kier molecular flexibility index (Phi) is 9.15. The van der Waals surface area contributed by atoms with Gasteiger partial charge in [-0.2, -0.15) is 4.31 Å². The lowest BCUT2D eigenvalue weighted by molar-refractivity contribution is -0.0105. The third-order valence-electron chi connectivity index (χ3n) is 3.06. The van der Waals surface area contributed by atoms with Gasteiger partial charge in [0.05, 0.1) is 6.61 Å². The molecule has 2 unspecified atom stereocenters. The van der Waals surface area contributed by atoms with Crippen LogP contribution in [0.25, 0.3) is 0 Å². The summed E-state index contributed by atoms with van der Waals surface area (Å²) in [5.74, 6) is 0. The molecule has 16 heteroatoms. The molecule has 0 aromatic carbocycles. The van der Waals surface area contributed by atoms with Crippen molar-refractivity contribution in [2.24, 2.45) is 0 Å². The number of aromatic amines is 1. The Morgan fingerprint density at radius 1 is 1.22 bits per heavy atom. The molecule has 0 spiro atoms. The predicted octanol–water partition coefficient (Wildman–Crippen LogP) is 0.503. The van der Waals surface area contributed by atoms with Gasteiger partial charge in [0, 0.05) is 18.9 Å². The van der Waals surface area contributed by atoms with Gasteiger partial charge in [-0.15, -0.1) is 0 Å². The van der Waals surface area contributed by atoms with Gasteiger partial charge in [0.25, 0.3) is 5.56 Å². The van der Waals surface area contributed by atoms with E-state index in [0.29, 0.717) is 5.56 Å². The fourth-order valence-electron chi connectivity index (χ4n) is 1.87. The van der Waals surface area contributed by atoms with Gasteiger partial charge in [-0.25, -0.2) is 13.9 Å². The highest BCUT2D eigenvalue weighted by atomic mass is 31.3. The highest BCUT2D eigenvalue weighted by Gasteiger charge is 2.35. The van der Waals surface area contributed by atoms with E-state index < -0.39 is 45.8 Å². The fraction of sp³-hybridized carbons (Fsp3) is 0.455. The summed E-state index contributed by atoms with van der Waals surface area (Å²) in [6.45, 7) is 1.01. The molecule has 0 saturated carbocycles. The zero-order valence-electron chi connectivity index (χ0n) is 14.5. The van der Waals surface area contributed by atoms with E-state index in [2.05, 4.69) is 18.3 Å². The first-order valence-corrected chi connectivity index (χ1v) is 9.75. The molecule has 0 amide bonds. The number of hydrogen-bond acceptors (Lipinski definition) is 10. The van der Waals surface area contributed by atoms with E-state index in [9.17, 15) is 23.6 Å².